The molecule has 22 heavy (non-hydrogen) atoms. The Kier molecular flexibility index (Phi) is 4.60. The molecule has 116 valence electrons. The van der Waals surface area contributed by atoms with Crippen LogP contribution in [-0.4, -0.2) is 14.5 Å². The van der Waals surface area contributed by atoms with Crippen LogP contribution in [0.3, 0.4) is 0 Å². The van der Waals surface area contributed by atoms with E-state index >= 15 is 0 Å². The van der Waals surface area contributed by atoms with Gasteiger partial charge in [0.1, 0.15) is 0 Å². The summed E-state index contributed by atoms with van der Waals surface area (Å²) in [4.78, 5) is 0.348. The minimum atomic E-state index is -3.42. The minimum absolute atomic E-state index is 0.0328. The van der Waals surface area contributed by atoms with Gasteiger partial charge < -0.3 is 0 Å². The molecule has 3 rings (SSSR count). The van der Waals surface area contributed by atoms with Crippen LogP contribution in [-0.2, 0) is 16.4 Å². The molecule has 1 N–H and O–H groups in total. The highest BCUT2D eigenvalue weighted by Crippen LogP contribution is 2.30. The maximum atomic E-state index is 12.5. The van der Waals surface area contributed by atoms with Crippen molar-refractivity contribution in [1.82, 2.24) is 4.72 Å². The molecule has 2 atom stereocenters. The largest absolute Gasteiger partial charge is 0.240 e. The molecule has 0 heterocycles. The van der Waals surface area contributed by atoms with E-state index in [0.717, 1.165) is 25.7 Å². The van der Waals surface area contributed by atoms with Crippen molar-refractivity contribution in [2.24, 2.45) is 5.92 Å². The van der Waals surface area contributed by atoms with Crippen molar-refractivity contribution >= 4 is 10.0 Å². The lowest BCUT2D eigenvalue weighted by Crippen LogP contribution is -2.38. The number of sulfonamides is 1. The zero-order chi connectivity index (χ0) is 15.4. The van der Waals surface area contributed by atoms with Crippen molar-refractivity contribution < 1.29 is 8.42 Å². The van der Waals surface area contributed by atoms with E-state index in [9.17, 15) is 8.42 Å². The van der Waals surface area contributed by atoms with Crippen LogP contribution in [0.25, 0.3) is 0 Å². The van der Waals surface area contributed by atoms with Gasteiger partial charge in [-0.1, -0.05) is 55.0 Å². The maximum Gasteiger partial charge on any atom is 0.240 e. The number of hydrogen-bond acceptors (Lipinski definition) is 2. The van der Waals surface area contributed by atoms with Gasteiger partial charge in [0.2, 0.25) is 10.0 Å². The van der Waals surface area contributed by atoms with E-state index in [1.165, 1.54) is 5.56 Å². The van der Waals surface area contributed by atoms with Gasteiger partial charge in [0, 0.05) is 6.04 Å². The van der Waals surface area contributed by atoms with Gasteiger partial charge >= 0.3 is 0 Å². The summed E-state index contributed by atoms with van der Waals surface area (Å²) in [5.74, 6) is 0.376. The Hall–Kier alpha value is -1.65. The Morgan fingerprint density at radius 2 is 1.55 bits per heavy atom. The van der Waals surface area contributed by atoms with Crippen molar-refractivity contribution in [3.63, 3.8) is 0 Å². The number of benzene rings is 2. The molecule has 1 aliphatic rings. The van der Waals surface area contributed by atoms with E-state index in [0.29, 0.717) is 10.8 Å². The summed E-state index contributed by atoms with van der Waals surface area (Å²) < 4.78 is 27.9. The van der Waals surface area contributed by atoms with Gasteiger partial charge in [0.15, 0.2) is 0 Å². The lowest BCUT2D eigenvalue weighted by molar-refractivity contribution is 0.442. The van der Waals surface area contributed by atoms with Gasteiger partial charge in [-0.05, 0) is 42.9 Å². The van der Waals surface area contributed by atoms with E-state index in [1.807, 2.05) is 24.3 Å². The highest BCUT2D eigenvalue weighted by molar-refractivity contribution is 7.89. The van der Waals surface area contributed by atoms with Crippen LogP contribution in [0.15, 0.2) is 65.6 Å². The van der Waals surface area contributed by atoms with Crippen molar-refractivity contribution in [3.8, 4) is 0 Å². The molecule has 0 amide bonds. The summed E-state index contributed by atoms with van der Waals surface area (Å²) >= 11 is 0. The standard InChI is InChI=1S/C18H21NO2S/c20-22(21,17-11-5-2-6-12-17)19-18-13-7-10-16(18)14-15-8-3-1-4-9-15/h1-6,8-9,11-12,16,18-19H,7,10,13-14H2/t16-,18+/m0/s1. The van der Waals surface area contributed by atoms with E-state index < -0.39 is 10.0 Å². The Bertz CT molecular complexity index is 698. The van der Waals surface area contributed by atoms with Crippen LogP contribution in [0.4, 0.5) is 0 Å². The number of rotatable bonds is 5. The highest BCUT2D eigenvalue weighted by atomic mass is 32.2. The van der Waals surface area contributed by atoms with Crippen molar-refractivity contribution in [2.45, 2.75) is 36.6 Å². The molecular weight excluding hydrogens is 294 g/mol. The summed E-state index contributed by atoms with van der Waals surface area (Å²) in [5, 5.41) is 0. The normalized spacial score (nSPS) is 21.8. The third kappa shape index (κ3) is 3.57. The molecule has 0 radical (unpaired) electrons. The molecule has 1 saturated carbocycles. The first kappa shape index (κ1) is 15.3. The molecular formula is C18H21NO2S. The van der Waals surface area contributed by atoms with E-state index in [-0.39, 0.29) is 6.04 Å². The Labute approximate surface area is 132 Å². The summed E-state index contributed by atoms with van der Waals surface area (Å²) in [5.41, 5.74) is 1.28. The molecule has 0 aliphatic heterocycles. The zero-order valence-corrected chi connectivity index (χ0v) is 13.3. The molecule has 0 unspecified atom stereocenters. The smallest absolute Gasteiger partial charge is 0.208 e. The Morgan fingerprint density at radius 3 is 2.23 bits per heavy atom. The van der Waals surface area contributed by atoms with Gasteiger partial charge in [0.05, 0.1) is 4.90 Å². The Morgan fingerprint density at radius 1 is 0.909 bits per heavy atom. The van der Waals surface area contributed by atoms with Crippen LogP contribution >= 0.6 is 0 Å². The monoisotopic (exact) mass is 315 g/mol. The van der Waals surface area contributed by atoms with Crippen molar-refractivity contribution in [3.05, 3.63) is 66.2 Å². The molecule has 2 aromatic carbocycles. The van der Waals surface area contributed by atoms with Gasteiger partial charge in [-0.3, -0.25) is 0 Å². The summed E-state index contributed by atoms with van der Waals surface area (Å²) in [6.07, 6.45) is 4.02. The van der Waals surface area contributed by atoms with Crippen LogP contribution < -0.4 is 4.72 Å². The molecule has 1 aliphatic carbocycles. The van der Waals surface area contributed by atoms with Crippen molar-refractivity contribution in [2.75, 3.05) is 0 Å². The molecule has 1 fully saturated rings. The molecule has 0 aromatic heterocycles. The SMILES string of the molecule is O=S(=O)(N[C@@H]1CCC[C@H]1Cc1ccccc1)c1ccccc1. The molecule has 0 bridgehead atoms. The van der Waals surface area contributed by atoms with Gasteiger partial charge in [-0.25, -0.2) is 13.1 Å². The third-order valence-electron chi connectivity index (χ3n) is 4.36. The van der Waals surface area contributed by atoms with E-state index in [1.54, 1.807) is 24.3 Å². The van der Waals surface area contributed by atoms with Gasteiger partial charge in [0.25, 0.3) is 0 Å². The third-order valence-corrected chi connectivity index (χ3v) is 5.87. The predicted molar refractivity (Wildman–Crippen MR) is 88.0 cm³/mol. The minimum Gasteiger partial charge on any atom is -0.208 e. The zero-order valence-electron chi connectivity index (χ0n) is 12.5. The fourth-order valence-corrected chi connectivity index (χ4v) is 4.58. The van der Waals surface area contributed by atoms with Gasteiger partial charge in [-0.2, -0.15) is 0 Å². The van der Waals surface area contributed by atoms with Crippen LogP contribution in [0.1, 0.15) is 24.8 Å². The van der Waals surface area contributed by atoms with Crippen molar-refractivity contribution in [1.29, 1.82) is 0 Å². The second kappa shape index (κ2) is 6.63. The highest BCUT2D eigenvalue weighted by Gasteiger charge is 2.31. The summed E-state index contributed by atoms with van der Waals surface area (Å²) in [7, 11) is -3.42. The molecule has 0 spiro atoms. The number of hydrogen-bond donors (Lipinski definition) is 1. The Balaban J connectivity index is 1.71. The van der Waals surface area contributed by atoms with Gasteiger partial charge in [-0.15, -0.1) is 0 Å². The second-order valence-corrected chi connectivity index (χ2v) is 7.64. The fourth-order valence-electron chi connectivity index (χ4n) is 3.22. The van der Waals surface area contributed by atoms with E-state index in [4.69, 9.17) is 0 Å². The molecule has 4 heteroatoms. The fraction of sp³-hybridized carbons (Fsp3) is 0.333. The molecule has 0 saturated heterocycles. The number of nitrogens with one attached hydrogen (secondary N) is 1. The average molecular weight is 315 g/mol. The molecule has 3 nitrogen and oxygen atoms in total. The first-order valence-electron chi connectivity index (χ1n) is 7.76. The van der Waals surface area contributed by atoms with Crippen LogP contribution in [0.5, 0.6) is 0 Å². The van der Waals surface area contributed by atoms with E-state index in [2.05, 4.69) is 16.9 Å². The first-order chi connectivity index (χ1) is 10.6. The summed E-state index contributed by atoms with van der Waals surface area (Å²) in [6.45, 7) is 0. The lowest BCUT2D eigenvalue weighted by atomic mass is 9.95. The first-order valence-corrected chi connectivity index (χ1v) is 9.25. The average Bonchev–Trinajstić information content (AvgIpc) is 2.95. The second-order valence-electron chi connectivity index (χ2n) is 5.92. The maximum absolute atomic E-state index is 12.5. The topological polar surface area (TPSA) is 46.2 Å². The summed E-state index contributed by atoms with van der Waals surface area (Å²) in [6, 6.07) is 19.0. The lowest BCUT2D eigenvalue weighted by Gasteiger charge is -2.21. The predicted octanol–water partition coefficient (Wildman–Crippen LogP) is 3.38. The molecule has 2 aromatic rings. The van der Waals surface area contributed by atoms with Crippen LogP contribution in [0.2, 0.25) is 0 Å². The quantitative estimate of drug-likeness (QED) is 0.919. The van der Waals surface area contributed by atoms with Crippen LogP contribution in [0, 0.1) is 5.92 Å².